The van der Waals surface area contributed by atoms with Crippen molar-refractivity contribution in [1.82, 2.24) is 10.6 Å². The van der Waals surface area contributed by atoms with Gasteiger partial charge in [0.05, 0.1) is 31.0 Å². The van der Waals surface area contributed by atoms with Crippen LogP contribution in [0.4, 0.5) is 4.79 Å². The van der Waals surface area contributed by atoms with Crippen molar-refractivity contribution in [3.63, 3.8) is 0 Å². The van der Waals surface area contributed by atoms with Crippen LogP contribution in [0.3, 0.4) is 0 Å². The Balaban J connectivity index is 2.01. The van der Waals surface area contributed by atoms with Gasteiger partial charge in [-0.3, -0.25) is 0 Å². The highest BCUT2D eigenvalue weighted by atomic mass is 16.5. The minimum absolute atomic E-state index is 0.284. The molecule has 7 heteroatoms. The average Bonchev–Trinajstić information content (AvgIpc) is 2.62. The molecule has 0 saturated heterocycles. The normalized spacial score (nSPS) is 18.0. The highest BCUT2D eigenvalue weighted by Crippen LogP contribution is 2.16. The van der Waals surface area contributed by atoms with E-state index >= 15 is 0 Å². The zero-order valence-corrected chi connectivity index (χ0v) is 15.6. The summed E-state index contributed by atoms with van der Waals surface area (Å²) in [5, 5.41) is 5.56. The van der Waals surface area contributed by atoms with E-state index in [0.717, 1.165) is 17.2 Å². The SMILES string of the molecule is CCOC(=O)C1=C(C[NH+](C)CCOc2ccccc2)NC(=O)N[C@@H]1CC. The molecule has 7 nitrogen and oxygen atoms in total. The number of urea groups is 1. The molecule has 2 amide bonds. The zero-order valence-electron chi connectivity index (χ0n) is 15.6. The number of likely N-dealkylation sites (N-methyl/N-ethyl adjacent to an activating group) is 1. The van der Waals surface area contributed by atoms with Gasteiger partial charge in [0.2, 0.25) is 0 Å². The van der Waals surface area contributed by atoms with Gasteiger partial charge in [-0.15, -0.1) is 0 Å². The molecule has 26 heavy (non-hydrogen) atoms. The van der Waals surface area contributed by atoms with Gasteiger partial charge in [-0.25, -0.2) is 9.59 Å². The Hall–Kier alpha value is -2.54. The molecule has 0 radical (unpaired) electrons. The molecule has 3 N–H and O–H groups in total. The number of carbonyl (C=O) groups excluding carboxylic acids is 2. The van der Waals surface area contributed by atoms with Crippen LogP contribution in [-0.4, -0.2) is 51.4 Å². The van der Waals surface area contributed by atoms with E-state index in [1.165, 1.54) is 0 Å². The van der Waals surface area contributed by atoms with Crippen molar-refractivity contribution in [3.05, 3.63) is 41.6 Å². The van der Waals surface area contributed by atoms with Crippen LogP contribution in [0.2, 0.25) is 0 Å². The molecule has 1 unspecified atom stereocenters. The van der Waals surface area contributed by atoms with Crippen LogP contribution in [0.25, 0.3) is 0 Å². The van der Waals surface area contributed by atoms with Crippen LogP contribution in [-0.2, 0) is 9.53 Å². The first-order valence-electron chi connectivity index (χ1n) is 9.02. The van der Waals surface area contributed by atoms with Gasteiger partial charge in [0.1, 0.15) is 25.4 Å². The second-order valence-electron chi connectivity index (χ2n) is 6.22. The van der Waals surface area contributed by atoms with E-state index in [4.69, 9.17) is 9.47 Å². The first-order valence-corrected chi connectivity index (χ1v) is 9.02. The summed E-state index contributed by atoms with van der Waals surface area (Å²) < 4.78 is 10.9. The fourth-order valence-corrected chi connectivity index (χ4v) is 2.85. The number of hydrogen-bond acceptors (Lipinski definition) is 4. The van der Waals surface area contributed by atoms with Crippen molar-refractivity contribution in [2.45, 2.75) is 26.3 Å². The van der Waals surface area contributed by atoms with Crippen LogP contribution < -0.4 is 20.3 Å². The molecule has 1 aliphatic rings. The fraction of sp³-hybridized carbons (Fsp3) is 0.474. The van der Waals surface area contributed by atoms with Crippen molar-refractivity contribution >= 4 is 12.0 Å². The van der Waals surface area contributed by atoms with Crippen LogP contribution in [0.5, 0.6) is 5.75 Å². The first-order chi connectivity index (χ1) is 12.5. The lowest BCUT2D eigenvalue weighted by atomic mass is 10.00. The van der Waals surface area contributed by atoms with E-state index in [1.54, 1.807) is 6.92 Å². The number of benzene rings is 1. The van der Waals surface area contributed by atoms with E-state index in [-0.39, 0.29) is 18.0 Å². The minimum atomic E-state index is -0.379. The number of quaternary nitrogens is 1. The third-order valence-corrected chi connectivity index (χ3v) is 4.17. The first kappa shape index (κ1) is 19.8. The number of para-hydroxylation sites is 1. The summed E-state index contributed by atoms with van der Waals surface area (Å²) in [6, 6.07) is 9.01. The van der Waals surface area contributed by atoms with Crippen molar-refractivity contribution in [2.75, 3.05) is 33.4 Å². The maximum atomic E-state index is 12.4. The quantitative estimate of drug-likeness (QED) is 0.559. The molecule has 1 aliphatic heterocycles. The largest absolute Gasteiger partial charge is 0.488 e. The van der Waals surface area contributed by atoms with Crippen molar-refractivity contribution < 1.29 is 24.0 Å². The van der Waals surface area contributed by atoms with Gasteiger partial charge in [-0.1, -0.05) is 25.1 Å². The van der Waals surface area contributed by atoms with Crippen LogP contribution in [0.1, 0.15) is 20.3 Å². The Morgan fingerprint density at radius 2 is 1.96 bits per heavy atom. The fourth-order valence-electron chi connectivity index (χ4n) is 2.85. The molecular weight excluding hydrogens is 334 g/mol. The molecule has 0 aromatic heterocycles. The molecule has 1 aromatic carbocycles. The molecule has 0 bridgehead atoms. The molecule has 0 spiro atoms. The number of hydrogen-bond donors (Lipinski definition) is 3. The van der Waals surface area contributed by atoms with Crippen molar-refractivity contribution in [3.8, 4) is 5.75 Å². The summed E-state index contributed by atoms with van der Waals surface area (Å²) >= 11 is 0. The Morgan fingerprint density at radius 1 is 1.23 bits per heavy atom. The Labute approximate surface area is 154 Å². The predicted molar refractivity (Wildman–Crippen MR) is 98.0 cm³/mol. The molecule has 0 aliphatic carbocycles. The van der Waals surface area contributed by atoms with E-state index in [0.29, 0.717) is 37.4 Å². The van der Waals surface area contributed by atoms with Gasteiger partial charge in [0.15, 0.2) is 0 Å². The third-order valence-electron chi connectivity index (χ3n) is 4.17. The zero-order chi connectivity index (χ0) is 18.9. The Kier molecular flexibility index (Phi) is 7.47. The Morgan fingerprint density at radius 3 is 2.62 bits per heavy atom. The molecule has 2 atom stereocenters. The van der Waals surface area contributed by atoms with Gasteiger partial charge < -0.3 is 25.0 Å². The topological polar surface area (TPSA) is 81.1 Å². The smallest absolute Gasteiger partial charge is 0.338 e. The lowest BCUT2D eigenvalue weighted by Gasteiger charge is -2.29. The number of nitrogens with one attached hydrogen (secondary N) is 3. The van der Waals surface area contributed by atoms with Gasteiger partial charge in [-0.05, 0) is 25.5 Å². The van der Waals surface area contributed by atoms with E-state index < -0.39 is 0 Å². The minimum Gasteiger partial charge on any atom is -0.488 e. The number of carbonyl (C=O) groups is 2. The van der Waals surface area contributed by atoms with E-state index in [9.17, 15) is 9.59 Å². The van der Waals surface area contributed by atoms with E-state index in [1.807, 2.05) is 44.3 Å². The highest BCUT2D eigenvalue weighted by molar-refractivity contribution is 5.94. The standard InChI is InChI=1S/C19H27N3O4/c1-4-15-17(18(23)25-5-2)16(21-19(24)20-15)13-22(3)11-12-26-14-9-7-6-8-10-14/h6-10,15H,4-5,11-13H2,1-3H3,(H2,20,21,24)/p+1/t15-/m1/s1. The molecule has 0 fully saturated rings. The van der Waals surface area contributed by atoms with Gasteiger partial charge in [0.25, 0.3) is 0 Å². The summed E-state index contributed by atoms with van der Waals surface area (Å²) in [4.78, 5) is 25.4. The third kappa shape index (κ3) is 5.49. The summed E-state index contributed by atoms with van der Waals surface area (Å²) in [5.74, 6) is 0.447. The number of ether oxygens (including phenoxy) is 2. The summed E-state index contributed by atoms with van der Waals surface area (Å²) in [6.07, 6.45) is 0.626. The number of esters is 1. The second kappa shape index (κ2) is 9.82. The van der Waals surface area contributed by atoms with Crippen LogP contribution in [0.15, 0.2) is 41.6 Å². The van der Waals surface area contributed by atoms with Crippen LogP contribution in [0, 0.1) is 0 Å². The van der Waals surface area contributed by atoms with Crippen molar-refractivity contribution in [1.29, 1.82) is 0 Å². The molecule has 1 aromatic rings. The average molecular weight is 362 g/mol. The summed E-state index contributed by atoms with van der Waals surface area (Å²) in [6.45, 7) is 5.78. The number of rotatable bonds is 9. The Bertz CT molecular complexity index is 645. The molecule has 0 saturated carbocycles. The summed E-state index contributed by atoms with van der Waals surface area (Å²) in [5.41, 5.74) is 1.13. The lowest BCUT2D eigenvalue weighted by molar-refractivity contribution is -0.874. The molecule has 1 heterocycles. The molecular formula is C19H28N3O4+. The maximum Gasteiger partial charge on any atom is 0.338 e. The maximum absolute atomic E-state index is 12.4. The van der Waals surface area contributed by atoms with Gasteiger partial charge >= 0.3 is 12.0 Å². The van der Waals surface area contributed by atoms with Crippen LogP contribution >= 0.6 is 0 Å². The summed E-state index contributed by atoms with van der Waals surface area (Å²) in [7, 11) is 2.00. The monoisotopic (exact) mass is 362 g/mol. The highest BCUT2D eigenvalue weighted by Gasteiger charge is 2.32. The van der Waals surface area contributed by atoms with Gasteiger partial charge in [-0.2, -0.15) is 0 Å². The van der Waals surface area contributed by atoms with E-state index in [2.05, 4.69) is 10.6 Å². The molecule has 142 valence electrons. The molecule has 2 rings (SSSR count). The lowest BCUT2D eigenvalue weighted by Crippen LogP contribution is -3.10. The van der Waals surface area contributed by atoms with Crippen molar-refractivity contribution in [2.24, 2.45) is 0 Å². The number of amides is 2. The predicted octanol–water partition coefficient (Wildman–Crippen LogP) is 0.489. The van der Waals surface area contributed by atoms with Gasteiger partial charge in [0, 0.05) is 0 Å². The second-order valence-corrected chi connectivity index (χ2v) is 6.22.